The Morgan fingerprint density at radius 1 is 1.27 bits per heavy atom. The normalized spacial score (nSPS) is 36.9. The lowest BCUT2D eigenvalue weighted by molar-refractivity contribution is -0.903. The molecule has 4 fully saturated rings. The monoisotopic (exact) mass is 413 g/mol. The number of carbonyl (C=O) groups excluding carboxylic acids is 1. The van der Waals surface area contributed by atoms with Crippen LogP contribution in [0.5, 0.6) is 0 Å². The number of ether oxygens (including phenoxy) is 1. The lowest BCUT2D eigenvalue weighted by Crippen LogP contribution is -3.15. The molecule has 0 aromatic heterocycles. The molecule has 30 heavy (non-hydrogen) atoms. The summed E-state index contributed by atoms with van der Waals surface area (Å²) in [6.07, 6.45) is 5.80. The number of hydrogen-bond donors (Lipinski definition) is 1. The first kappa shape index (κ1) is 20.0. The number of hydrogen-bond acceptors (Lipinski definition) is 3. The highest BCUT2D eigenvalue weighted by molar-refractivity contribution is 5.75. The molecule has 2 saturated carbocycles. The van der Waals surface area contributed by atoms with Crippen molar-refractivity contribution in [3.63, 3.8) is 0 Å². The van der Waals surface area contributed by atoms with Crippen LogP contribution in [0, 0.1) is 29.0 Å². The largest absolute Gasteiger partial charge is 0.462 e. The SMILES string of the molecule is C=C1CCC[C@]2(C)C[C@H]3OC(=O)[C@@H](C[NH+]4CCN(c5ccc(F)cc5)CC4)[C@H]3C[C@@H]12. The highest BCUT2D eigenvalue weighted by atomic mass is 19.1. The Bertz CT molecular complexity index is 817. The summed E-state index contributed by atoms with van der Waals surface area (Å²) in [6.45, 7) is 11.6. The molecule has 2 heterocycles. The molecule has 2 aliphatic heterocycles. The smallest absolute Gasteiger partial charge is 0.315 e. The van der Waals surface area contributed by atoms with Gasteiger partial charge in [0.2, 0.25) is 0 Å². The summed E-state index contributed by atoms with van der Waals surface area (Å²) in [5.41, 5.74) is 2.75. The minimum Gasteiger partial charge on any atom is -0.462 e. The minimum absolute atomic E-state index is 0.0293. The van der Waals surface area contributed by atoms with Gasteiger partial charge in [0.05, 0.1) is 32.7 Å². The van der Waals surface area contributed by atoms with Crippen molar-refractivity contribution in [2.45, 2.75) is 45.1 Å². The second-order valence-corrected chi connectivity index (χ2v) is 10.3. The average molecular weight is 414 g/mol. The van der Waals surface area contributed by atoms with Gasteiger partial charge in [-0.3, -0.25) is 4.79 Å². The van der Waals surface area contributed by atoms with E-state index in [0.717, 1.165) is 57.7 Å². The number of esters is 1. The fraction of sp³-hybridized carbons (Fsp3) is 0.640. The van der Waals surface area contributed by atoms with Gasteiger partial charge in [0.15, 0.2) is 0 Å². The topological polar surface area (TPSA) is 34.0 Å². The number of quaternary nitrogens is 1. The molecule has 4 aliphatic rings. The molecule has 0 spiro atoms. The highest BCUT2D eigenvalue weighted by Gasteiger charge is 2.56. The summed E-state index contributed by atoms with van der Waals surface area (Å²) in [5.74, 6) is 0.775. The summed E-state index contributed by atoms with van der Waals surface area (Å²) in [5, 5.41) is 0. The van der Waals surface area contributed by atoms with Crippen LogP contribution in [0.25, 0.3) is 0 Å². The first-order valence-electron chi connectivity index (χ1n) is 11.7. The van der Waals surface area contributed by atoms with Crippen LogP contribution in [0.3, 0.4) is 0 Å². The number of fused-ring (bicyclic) bond motifs is 2. The van der Waals surface area contributed by atoms with E-state index < -0.39 is 0 Å². The van der Waals surface area contributed by atoms with Gasteiger partial charge in [-0.1, -0.05) is 19.1 Å². The third-order valence-corrected chi connectivity index (χ3v) is 8.49. The zero-order chi connectivity index (χ0) is 20.9. The van der Waals surface area contributed by atoms with E-state index in [-0.39, 0.29) is 29.2 Å². The molecule has 0 radical (unpaired) electrons. The predicted octanol–water partition coefficient (Wildman–Crippen LogP) is 2.84. The highest BCUT2D eigenvalue weighted by Crippen LogP contribution is 2.56. The number of anilines is 1. The fourth-order valence-corrected chi connectivity index (χ4v) is 6.74. The summed E-state index contributed by atoms with van der Waals surface area (Å²) in [7, 11) is 0. The zero-order valence-electron chi connectivity index (χ0n) is 18.0. The molecule has 1 aromatic carbocycles. The van der Waals surface area contributed by atoms with Gasteiger partial charge in [-0.15, -0.1) is 0 Å². The fourth-order valence-electron chi connectivity index (χ4n) is 6.74. The van der Waals surface area contributed by atoms with E-state index in [1.54, 1.807) is 0 Å². The van der Waals surface area contributed by atoms with E-state index in [1.165, 1.54) is 35.4 Å². The molecule has 0 bridgehead atoms. The van der Waals surface area contributed by atoms with Gasteiger partial charge in [0.1, 0.15) is 17.8 Å². The molecular formula is C25H34FN2O2+. The molecule has 0 unspecified atom stereocenters. The number of rotatable bonds is 3. The molecule has 2 aliphatic carbocycles. The van der Waals surface area contributed by atoms with Crippen molar-refractivity contribution in [2.24, 2.45) is 23.2 Å². The molecule has 4 nitrogen and oxygen atoms in total. The van der Waals surface area contributed by atoms with Crippen LogP contribution < -0.4 is 9.80 Å². The zero-order valence-corrected chi connectivity index (χ0v) is 18.0. The van der Waals surface area contributed by atoms with Gasteiger partial charge in [-0.05, 0) is 67.7 Å². The molecule has 0 amide bonds. The predicted molar refractivity (Wildman–Crippen MR) is 115 cm³/mol. The van der Waals surface area contributed by atoms with Crippen molar-refractivity contribution in [3.05, 3.63) is 42.2 Å². The van der Waals surface area contributed by atoms with Crippen molar-refractivity contribution in [1.29, 1.82) is 0 Å². The van der Waals surface area contributed by atoms with Crippen molar-refractivity contribution in [3.8, 4) is 0 Å². The summed E-state index contributed by atoms with van der Waals surface area (Å²) in [6, 6.07) is 6.77. The van der Waals surface area contributed by atoms with E-state index in [2.05, 4.69) is 18.4 Å². The van der Waals surface area contributed by atoms with Crippen LogP contribution in [0.15, 0.2) is 36.4 Å². The number of nitrogens with one attached hydrogen (secondary N) is 1. The third-order valence-electron chi connectivity index (χ3n) is 8.49. The Kier molecular flexibility index (Phi) is 5.12. The molecule has 1 N–H and O–H groups in total. The number of piperazine rings is 1. The van der Waals surface area contributed by atoms with Crippen molar-refractivity contribution >= 4 is 11.7 Å². The third kappa shape index (κ3) is 3.55. The Labute approximate surface area is 179 Å². The maximum absolute atomic E-state index is 13.2. The van der Waals surface area contributed by atoms with Crippen LogP contribution in [-0.2, 0) is 9.53 Å². The second kappa shape index (κ2) is 7.67. The maximum atomic E-state index is 13.2. The van der Waals surface area contributed by atoms with Gasteiger partial charge in [-0.2, -0.15) is 0 Å². The van der Waals surface area contributed by atoms with E-state index in [1.807, 2.05) is 12.1 Å². The quantitative estimate of drug-likeness (QED) is 0.611. The molecule has 5 atom stereocenters. The Morgan fingerprint density at radius 3 is 2.73 bits per heavy atom. The summed E-state index contributed by atoms with van der Waals surface area (Å²) < 4.78 is 19.1. The maximum Gasteiger partial charge on any atom is 0.315 e. The molecule has 5 heteroatoms. The Morgan fingerprint density at radius 2 is 2.00 bits per heavy atom. The van der Waals surface area contributed by atoms with Gasteiger partial charge >= 0.3 is 5.97 Å². The average Bonchev–Trinajstić information content (AvgIpc) is 3.01. The first-order chi connectivity index (χ1) is 14.4. The van der Waals surface area contributed by atoms with E-state index >= 15 is 0 Å². The first-order valence-corrected chi connectivity index (χ1v) is 11.7. The van der Waals surface area contributed by atoms with E-state index in [0.29, 0.717) is 11.8 Å². The van der Waals surface area contributed by atoms with Crippen molar-refractivity contribution < 1.29 is 18.8 Å². The standard InChI is InChI=1S/C25H33FN2O2/c1-17-4-3-9-25(2)15-23-20(14-22(17)25)21(24(29)30-23)16-27-10-12-28(13-11-27)19-7-5-18(26)6-8-19/h5-8,20-23H,1,3-4,9-16H2,2H3/p+1/t20-,21+,22+,23-,25-/m1/s1. The van der Waals surface area contributed by atoms with Crippen molar-refractivity contribution in [1.82, 2.24) is 0 Å². The molecule has 162 valence electrons. The number of allylic oxidation sites excluding steroid dienone is 1. The second-order valence-electron chi connectivity index (χ2n) is 10.3. The lowest BCUT2D eigenvalue weighted by atomic mass is 9.55. The summed E-state index contributed by atoms with van der Waals surface area (Å²) >= 11 is 0. The van der Waals surface area contributed by atoms with Gasteiger partial charge < -0.3 is 14.5 Å². The minimum atomic E-state index is -0.193. The molecule has 1 aromatic rings. The number of halogens is 1. The van der Waals surface area contributed by atoms with E-state index in [9.17, 15) is 9.18 Å². The van der Waals surface area contributed by atoms with Crippen LogP contribution >= 0.6 is 0 Å². The van der Waals surface area contributed by atoms with Gasteiger partial charge in [0.25, 0.3) is 0 Å². The molecule has 2 saturated heterocycles. The number of benzene rings is 1. The van der Waals surface area contributed by atoms with Gasteiger partial charge in [0, 0.05) is 11.6 Å². The summed E-state index contributed by atoms with van der Waals surface area (Å²) in [4.78, 5) is 16.6. The van der Waals surface area contributed by atoms with Crippen LogP contribution in [0.1, 0.15) is 39.0 Å². The van der Waals surface area contributed by atoms with Crippen LogP contribution in [0.4, 0.5) is 10.1 Å². The number of nitrogens with zero attached hydrogens (tertiary/aromatic N) is 1. The molecule has 5 rings (SSSR count). The van der Waals surface area contributed by atoms with Crippen LogP contribution in [0.2, 0.25) is 0 Å². The van der Waals surface area contributed by atoms with Crippen LogP contribution in [-0.4, -0.2) is 44.8 Å². The Balaban J connectivity index is 1.22. The Hall–Kier alpha value is -1.88. The van der Waals surface area contributed by atoms with Gasteiger partial charge in [-0.25, -0.2) is 4.39 Å². The van der Waals surface area contributed by atoms with Crippen molar-refractivity contribution in [2.75, 3.05) is 37.6 Å². The number of carbonyl (C=O) groups is 1. The molecular weight excluding hydrogens is 379 g/mol. The van der Waals surface area contributed by atoms with E-state index in [4.69, 9.17) is 4.74 Å². The lowest BCUT2D eigenvalue weighted by Gasteiger charge is -2.50.